The van der Waals surface area contributed by atoms with Crippen molar-refractivity contribution in [2.45, 2.75) is 25.8 Å². The third-order valence-corrected chi connectivity index (χ3v) is 4.09. The summed E-state index contributed by atoms with van der Waals surface area (Å²) in [5, 5.41) is 2.90. The van der Waals surface area contributed by atoms with E-state index >= 15 is 0 Å². The second-order valence-corrected chi connectivity index (χ2v) is 5.70. The Kier molecular flexibility index (Phi) is 4.09. The molecular weight excluding hydrogens is 279 g/mol. The van der Waals surface area contributed by atoms with E-state index in [0.29, 0.717) is 0 Å². The molecule has 22 heavy (non-hydrogen) atoms. The Bertz CT molecular complexity index is 672. The summed E-state index contributed by atoms with van der Waals surface area (Å²) in [7, 11) is 0. The van der Waals surface area contributed by atoms with Crippen LogP contribution in [0.4, 0.5) is 15.8 Å². The van der Waals surface area contributed by atoms with Crippen LogP contribution in [0.15, 0.2) is 48.5 Å². The molecular formula is C18H19FN2O. The van der Waals surface area contributed by atoms with E-state index in [-0.39, 0.29) is 24.3 Å². The smallest absolute Gasteiger partial charge is 0.243 e. The molecule has 3 rings (SSSR count). The van der Waals surface area contributed by atoms with Gasteiger partial charge in [-0.2, -0.15) is 0 Å². The molecule has 0 saturated carbocycles. The van der Waals surface area contributed by atoms with E-state index in [1.54, 1.807) is 12.1 Å². The van der Waals surface area contributed by atoms with Gasteiger partial charge in [-0.05, 0) is 55.7 Å². The third kappa shape index (κ3) is 3.11. The van der Waals surface area contributed by atoms with E-state index in [1.807, 2.05) is 30.3 Å². The molecule has 1 N–H and O–H groups in total. The monoisotopic (exact) mass is 298 g/mol. The first-order chi connectivity index (χ1) is 10.6. The van der Waals surface area contributed by atoms with Gasteiger partial charge in [0, 0.05) is 17.4 Å². The number of halogens is 1. The van der Waals surface area contributed by atoms with Gasteiger partial charge in [-0.1, -0.05) is 18.2 Å². The molecule has 0 spiro atoms. The first kappa shape index (κ1) is 14.6. The zero-order valence-electron chi connectivity index (χ0n) is 12.6. The standard InChI is InChI=1S/C18H19FN2O/c1-13-7-8-14-11-15(19)9-10-17(14)21(13)12-18(22)20-16-5-3-2-4-6-16/h2-6,9-11,13H,7-8,12H2,1H3,(H,20,22). The summed E-state index contributed by atoms with van der Waals surface area (Å²) in [5.74, 6) is -0.280. The number of carbonyl (C=O) groups is 1. The minimum Gasteiger partial charge on any atom is -0.359 e. The first-order valence-electron chi connectivity index (χ1n) is 7.53. The van der Waals surface area contributed by atoms with Crippen LogP contribution in [0.5, 0.6) is 0 Å². The third-order valence-electron chi connectivity index (χ3n) is 4.09. The number of rotatable bonds is 3. The minimum atomic E-state index is -0.220. The van der Waals surface area contributed by atoms with Crippen LogP contribution in [0.25, 0.3) is 0 Å². The number of amides is 1. The Hall–Kier alpha value is -2.36. The Labute approximate surface area is 129 Å². The highest BCUT2D eigenvalue weighted by molar-refractivity contribution is 5.94. The van der Waals surface area contributed by atoms with E-state index in [2.05, 4.69) is 17.1 Å². The normalized spacial score (nSPS) is 17.0. The van der Waals surface area contributed by atoms with Gasteiger partial charge in [0.05, 0.1) is 6.54 Å². The van der Waals surface area contributed by atoms with Crippen LogP contribution in [-0.2, 0) is 11.2 Å². The lowest BCUT2D eigenvalue weighted by molar-refractivity contribution is -0.115. The second-order valence-electron chi connectivity index (χ2n) is 5.70. The van der Waals surface area contributed by atoms with Crippen LogP contribution >= 0.6 is 0 Å². The van der Waals surface area contributed by atoms with Crippen LogP contribution in [0, 0.1) is 5.82 Å². The van der Waals surface area contributed by atoms with Crippen molar-refractivity contribution in [3.63, 3.8) is 0 Å². The molecule has 1 unspecified atom stereocenters. The summed E-state index contributed by atoms with van der Waals surface area (Å²) in [5.41, 5.74) is 2.73. The van der Waals surface area contributed by atoms with E-state index < -0.39 is 0 Å². The molecule has 2 aromatic carbocycles. The van der Waals surface area contributed by atoms with Crippen molar-refractivity contribution in [1.29, 1.82) is 0 Å². The highest BCUT2D eigenvalue weighted by atomic mass is 19.1. The van der Waals surface area contributed by atoms with Gasteiger partial charge in [-0.25, -0.2) is 4.39 Å². The largest absolute Gasteiger partial charge is 0.359 e. The molecule has 1 aliphatic heterocycles. The average molecular weight is 298 g/mol. The van der Waals surface area contributed by atoms with Crippen LogP contribution in [0.1, 0.15) is 18.9 Å². The zero-order chi connectivity index (χ0) is 15.5. The number of aryl methyl sites for hydroxylation is 1. The molecule has 1 aliphatic rings. The molecule has 4 heteroatoms. The number of benzene rings is 2. The highest BCUT2D eigenvalue weighted by Crippen LogP contribution is 2.31. The summed E-state index contributed by atoms with van der Waals surface area (Å²) in [4.78, 5) is 14.3. The van der Waals surface area contributed by atoms with Gasteiger partial charge < -0.3 is 10.2 Å². The Balaban J connectivity index is 1.76. The average Bonchev–Trinajstić information content (AvgIpc) is 2.51. The molecule has 1 heterocycles. The summed E-state index contributed by atoms with van der Waals surface area (Å²) in [6, 6.07) is 14.5. The number of hydrogen-bond donors (Lipinski definition) is 1. The molecule has 0 aliphatic carbocycles. The van der Waals surface area contributed by atoms with Crippen molar-refractivity contribution >= 4 is 17.3 Å². The molecule has 114 valence electrons. The molecule has 0 bridgehead atoms. The predicted molar refractivity (Wildman–Crippen MR) is 86.6 cm³/mol. The topological polar surface area (TPSA) is 32.3 Å². The van der Waals surface area contributed by atoms with Crippen molar-refractivity contribution in [1.82, 2.24) is 0 Å². The fraction of sp³-hybridized carbons (Fsp3) is 0.278. The summed E-state index contributed by atoms with van der Waals surface area (Å²) < 4.78 is 13.4. The summed E-state index contributed by atoms with van der Waals surface area (Å²) >= 11 is 0. The van der Waals surface area contributed by atoms with Crippen molar-refractivity contribution < 1.29 is 9.18 Å². The second kappa shape index (κ2) is 6.18. The van der Waals surface area contributed by atoms with E-state index in [4.69, 9.17) is 0 Å². The number of anilines is 2. The van der Waals surface area contributed by atoms with E-state index in [1.165, 1.54) is 6.07 Å². The van der Waals surface area contributed by atoms with E-state index in [0.717, 1.165) is 29.8 Å². The van der Waals surface area contributed by atoms with Crippen LogP contribution < -0.4 is 10.2 Å². The highest BCUT2D eigenvalue weighted by Gasteiger charge is 2.25. The minimum absolute atomic E-state index is 0.0600. The lowest BCUT2D eigenvalue weighted by Crippen LogP contribution is -2.42. The van der Waals surface area contributed by atoms with Crippen molar-refractivity contribution in [3.8, 4) is 0 Å². The van der Waals surface area contributed by atoms with Gasteiger partial charge in [0.15, 0.2) is 0 Å². The maximum absolute atomic E-state index is 13.4. The van der Waals surface area contributed by atoms with Gasteiger partial charge in [0.1, 0.15) is 5.82 Å². The Morgan fingerprint density at radius 3 is 2.82 bits per heavy atom. The number of hydrogen-bond acceptors (Lipinski definition) is 2. The van der Waals surface area contributed by atoms with Crippen molar-refractivity contribution in [3.05, 3.63) is 59.9 Å². The molecule has 0 fully saturated rings. The number of nitrogens with one attached hydrogen (secondary N) is 1. The van der Waals surface area contributed by atoms with Crippen LogP contribution in [0.3, 0.4) is 0 Å². The number of para-hydroxylation sites is 1. The SMILES string of the molecule is CC1CCc2cc(F)ccc2N1CC(=O)Nc1ccccc1. The van der Waals surface area contributed by atoms with Crippen molar-refractivity contribution in [2.75, 3.05) is 16.8 Å². The van der Waals surface area contributed by atoms with Crippen LogP contribution in [0.2, 0.25) is 0 Å². The number of carbonyl (C=O) groups excluding carboxylic acids is 1. The Morgan fingerprint density at radius 2 is 2.05 bits per heavy atom. The predicted octanol–water partition coefficient (Wildman–Crippen LogP) is 3.61. The van der Waals surface area contributed by atoms with Crippen molar-refractivity contribution in [2.24, 2.45) is 0 Å². The molecule has 0 saturated heterocycles. The molecule has 3 nitrogen and oxygen atoms in total. The van der Waals surface area contributed by atoms with Gasteiger partial charge in [0.25, 0.3) is 0 Å². The molecule has 2 aromatic rings. The zero-order valence-corrected chi connectivity index (χ0v) is 12.6. The molecule has 0 aromatic heterocycles. The summed E-state index contributed by atoms with van der Waals surface area (Å²) in [6.07, 6.45) is 1.78. The van der Waals surface area contributed by atoms with E-state index in [9.17, 15) is 9.18 Å². The molecule has 1 atom stereocenters. The number of fused-ring (bicyclic) bond motifs is 1. The van der Waals surface area contributed by atoms with Gasteiger partial charge >= 0.3 is 0 Å². The quantitative estimate of drug-likeness (QED) is 0.939. The lowest BCUT2D eigenvalue weighted by Gasteiger charge is -2.36. The van der Waals surface area contributed by atoms with Gasteiger partial charge in [0.2, 0.25) is 5.91 Å². The van der Waals surface area contributed by atoms with Gasteiger partial charge in [-0.3, -0.25) is 4.79 Å². The fourth-order valence-electron chi connectivity index (χ4n) is 2.91. The van der Waals surface area contributed by atoms with Gasteiger partial charge in [-0.15, -0.1) is 0 Å². The lowest BCUT2D eigenvalue weighted by atomic mass is 9.96. The summed E-state index contributed by atoms with van der Waals surface area (Å²) in [6.45, 7) is 2.37. The van der Waals surface area contributed by atoms with Crippen LogP contribution in [-0.4, -0.2) is 18.5 Å². The molecule has 1 amide bonds. The maximum Gasteiger partial charge on any atom is 0.243 e. The fourth-order valence-corrected chi connectivity index (χ4v) is 2.91. The first-order valence-corrected chi connectivity index (χ1v) is 7.53. The maximum atomic E-state index is 13.4. The number of nitrogens with zero attached hydrogens (tertiary/aromatic N) is 1. The molecule has 0 radical (unpaired) electrons. The Morgan fingerprint density at radius 1 is 1.27 bits per heavy atom.